The van der Waals surface area contributed by atoms with Crippen LogP contribution in [0.15, 0.2) is 0 Å². The van der Waals surface area contributed by atoms with Gasteiger partial charge in [-0.3, -0.25) is 14.4 Å². The maximum absolute atomic E-state index is 11.6. The molecule has 0 aromatic carbocycles. The second-order valence-corrected chi connectivity index (χ2v) is 10.4. The topological polar surface area (TPSA) is 151 Å². The van der Waals surface area contributed by atoms with Gasteiger partial charge in [0.15, 0.2) is 0 Å². The lowest BCUT2D eigenvalue weighted by atomic mass is 9.86. The first kappa shape index (κ1) is 25.3. The number of carbonyl (C=O) groups excluding carboxylic acids is 2. The number of rotatable bonds is 12. The van der Waals surface area contributed by atoms with Gasteiger partial charge < -0.3 is 29.9 Å². The van der Waals surface area contributed by atoms with Crippen molar-refractivity contribution in [3.8, 4) is 0 Å². The van der Waals surface area contributed by atoms with E-state index in [2.05, 4.69) is 0 Å². The van der Waals surface area contributed by atoms with Gasteiger partial charge in [0.1, 0.15) is 17.8 Å². The number of hydrogen-bond acceptors (Lipinski definition) is 10. The van der Waals surface area contributed by atoms with E-state index >= 15 is 0 Å². The predicted molar refractivity (Wildman–Crippen MR) is 111 cm³/mol. The van der Waals surface area contributed by atoms with Crippen molar-refractivity contribution in [2.45, 2.75) is 68.4 Å². The Balaban J connectivity index is 1.55. The summed E-state index contributed by atoms with van der Waals surface area (Å²) in [6, 6.07) is 0. The van der Waals surface area contributed by atoms with E-state index in [1.54, 1.807) is 23.5 Å². The summed E-state index contributed by atoms with van der Waals surface area (Å²) in [5.74, 6) is 1.06. The molecule has 4 N–H and O–H groups in total. The molecule has 172 valence electrons. The molecule has 2 rings (SSSR count). The minimum absolute atomic E-state index is 0.140. The van der Waals surface area contributed by atoms with Crippen molar-refractivity contribution in [2.75, 3.05) is 29.6 Å². The Labute approximate surface area is 183 Å². The summed E-state index contributed by atoms with van der Waals surface area (Å²) in [6.07, 6.45) is -0.214. The first-order chi connectivity index (χ1) is 14.1. The second kappa shape index (κ2) is 11.6. The molecule has 2 saturated heterocycles. The van der Waals surface area contributed by atoms with Gasteiger partial charge in [-0.15, -0.1) is 0 Å². The Bertz CT molecular complexity index is 613. The highest BCUT2D eigenvalue weighted by Gasteiger charge is 2.41. The molecule has 0 aromatic rings. The van der Waals surface area contributed by atoms with Crippen molar-refractivity contribution in [2.24, 2.45) is 0 Å². The molecule has 4 atom stereocenters. The lowest BCUT2D eigenvalue weighted by Gasteiger charge is -2.35. The summed E-state index contributed by atoms with van der Waals surface area (Å²) in [6.45, 7) is -0.452. The largest absolute Gasteiger partial charge is 0.481 e. The van der Waals surface area contributed by atoms with Gasteiger partial charge in [-0.05, 0) is 24.3 Å². The molecule has 4 unspecified atom stereocenters. The molecular weight excluding hydrogens is 436 g/mol. The van der Waals surface area contributed by atoms with Gasteiger partial charge in [-0.1, -0.05) is 0 Å². The van der Waals surface area contributed by atoms with Gasteiger partial charge in [-0.2, -0.15) is 23.5 Å². The van der Waals surface area contributed by atoms with Crippen LogP contribution in [-0.4, -0.2) is 91.4 Å². The number of carboxylic acid groups (broad SMARTS) is 1. The van der Waals surface area contributed by atoms with Crippen molar-refractivity contribution in [1.82, 2.24) is 0 Å². The normalized spacial score (nSPS) is 31.8. The SMILES string of the molecule is O=C(O)CC1(O)CC(=O)OC(CCSCCSCCC2CC(O)(CO)CC(=O)O2)C1. The number of carbonyl (C=O) groups is 3. The molecule has 9 nitrogen and oxygen atoms in total. The van der Waals surface area contributed by atoms with E-state index in [0.29, 0.717) is 12.8 Å². The number of cyclic esters (lactones) is 2. The van der Waals surface area contributed by atoms with E-state index in [1.807, 2.05) is 0 Å². The minimum atomic E-state index is -1.53. The molecule has 0 amide bonds. The van der Waals surface area contributed by atoms with Crippen molar-refractivity contribution < 1.29 is 44.3 Å². The standard InChI is InChI=1S/C19H30O9S2/c20-12-19(26)8-14(28-17(24)11-19)2-4-30-6-5-29-3-1-13-7-18(25,9-15(21)22)10-16(23)27-13/h13-14,20,25-26H,1-12H2,(H,21,22). The van der Waals surface area contributed by atoms with Crippen LogP contribution in [0.4, 0.5) is 0 Å². The fraction of sp³-hybridized carbons (Fsp3) is 0.842. The van der Waals surface area contributed by atoms with Gasteiger partial charge in [0.2, 0.25) is 0 Å². The molecule has 2 heterocycles. The fourth-order valence-corrected chi connectivity index (χ4v) is 5.89. The molecule has 30 heavy (non-hydrogen) atoms. The summed E-state index contributed by atoms with van der Waals surface area (Å²) in [4.78, 5) is 34.0. The zero-order valence-corrected chi connectivity index (χ0v) is 18.4. The summed E-state index contributed by atoms with van der Waals surface area (Å²) < 4.78 is 10.4. The molecule has 2 fully saturated rings. The Morgan fingerprint density at radius 3 is 1.83 bits per heavy atom. The Morgan fingerprint density at radius 2 is 1.37 bits per heavy atom. The fourth-order valence-electron chi connectivity index (χ4n) is 3.68. The van der Waals surface area contributed by atoms with E-state index in [-0.39, 0.29) is 31.8 Å². The maximum Gasteiger partial charge on any atom is 0.309 e. The number of thioether (sulfide) groups is 2. The van der Waals surface area contributed by atoms with Crippen molar-refractivity contribution in [3.63, 3.8) is 0 Å². The number of esters is 2. The third kappa shape index (κ3) is 8.62. The van der Waals surface area contributed by atoms with E-state index in [9.17, 15) is 29.7 Å². The lowest BCUT2D eigenvalue weighted by molar-refractivity contribution is -0.175. The van der Waals surface area contributed by atoms with Crippen LogP contribution in [0.5, 0.6) is 0 Å². The minimum Gasteiger partial charge on any atom is -0.481 e. The molecule has 0 aliphatic carbocycles. The van der Waals surface area contributed by atoms with Crippen LogP contribution in [-0.2, 0) is 23.9 Å². The maximum atomic E-state index is 11.6. The number of aliphatic carboxylic acids is 1. The third-order valence-electron chi connectivity index (χ3n) is 5.07. The van der Waals surface area contributed by atoms with Gasteiger partial charge >= 0.3 is 17.9 Å². The Morgan fingerprint density at radius 1 is 0.900 bits per heavy atom. The van der Waals surface area contributed by atoms with Crippen LogP contribution in [0, 0.1) is 0 Å². The summed E-state index contributed by atoms with van der Waals surface area (Å²) in [5, 5.41) is 38.5. The Kier molecular flexibility index (Phi) is 9.73. The van der Waals surface area contributed by atoms with E-state index < -0.39 is 48.2 Å². The van der Waals surface area contributed by atoms with E-state index in [4.69, 9.17) is 14.6 Å². The summed E-state index contributed by atoms with van der Waals surface area (Å²) >= 11 is 3.39. The van der Waals surface area contributed by atoms with Gasteiger partial charge in [0, 0.05) is 24.3 Å². The number of carboxylic acids is 1. The van der Waals surface area contributed by atoms with Crippen molar-refractivity contribution in [3.05, 3.63) is 0 Å². The van der Waals surface area contributed by atoms with Crippen LogP contribution in [0.2, 0.25) is 0 Å². The molecule has 11 heteroatoms. The van der Waals surface area contributed by atoms with Crippen LogP contribution in [0.25, 0.3) is 0 Å². The van der Waals surface area contributed by atoms with Crippen LogP contribution < -0.4 is 0 Å². The highest BCUT2D eigenvalue weighted by Crippen LogP contribution is 2.31. The van der Waals surface area contributed by atoms with Crippen LogP contribution in [0.1, 0.15) is 44.9 Å². The van der Waals surface area contributed by atoms with Gasteiger partial charge in [0.25, 0.3) is 0 Å². The molecular formula is C19H30O9S2. The van der Waals surface area contributed by atoms with Crippen molar-refractivity contribution >= 4 is 41.4 Å². The average molecular weight is 467 g/mol. The van der Waals surface area contributed by atoms with Gasteiger partial charge in [0.05, 0.1) is 31.5 Å². The molecule has 2 aliphatic heterocycles. The smallest absolute Gasteiger partial charge is 0.309 e. The molecule has 0 aromatic heterocycles. The summed E-state index contributed by atoms with van der Waals surface area (Å²) in [5.41, 5.74) is -2.91. The average Bonchev–Trinajstić information content (AvgIpc) is 2.61. The molecule has 0 radical (unpaired) electrons. The van der Waals surface area contributed by atoms with Gasteiger partial charge in [-0.25, -0.2) is 0 Å². The number of ether oxygens (including phenoxy) is 2. The first-order valence-electron chi connectivity index (χ1n) is 9.95. The predicted octanol–water partition coefficient (Wildman–Crippen LogP) is 0.573. The highest BCUT2D eigenvalue weighted by molar-refractivity contribution is 8.02. The number of hydrogen-bond donors (Lipinski definition) is 4. The Hall–Kier alpha value is -1.01. The molecule has 0 spiro atoms. The van der Waals surface area contributed by atoms with Crippen molar-refractivity contribution in [1.29, 1.82) is 0 Å². The van der Waals surface area contributed by atoms with Crippen LogP contribution in [0.3, 0.4) is 0 Å². The molecule has 2 aliphatic rings. The number of aliphatic hydroxyl groups is 3. The van der Waals surface area contributed by atoms with Crippen LogP contribution >= 0.6 is 23.5 Å². The second-order valence-electron chi connectivity index (χ2n) is 7.96. The lowest BCUT2D eigenvalue weighted by Crippen LogP contribution is -2.46. The highest BCUT2D eigenvalue weighted by atomic mass is 32.2. The quantitative estimate of drug-likeness (QED) is 0.236. The van der Waals surface area contributed by atoms with E-state index in [1.165, 1.54) is 0 Å². The number of aliphatic hydroxyl groups excluding tert-OH is 1. The first-order valence-corrected chi connectivity index (χ1v) is 12.3. The zero-order chi connectivity index (χ0) is 22.2. The monoisotopic (exact) mass is 466 g/mol. The zero-order valence-electron chi connectivity index (χ0n) is 16.8. The third-order valence-corrected chi connectivity index (χ3v) is 7.37. The van der Waals surface area contributed by atoms with E-state index in [0.717, 1.165) is 23.0 Å². The molecule has 0 bridgehead atoms. The molecule has 0 saturated carbocycles. The summed E-state index contributed by atoms with van der Waals surface area (Å²) in [7, 11) is 0.